The van der Waals surface area contributed by atoms with Crippen molar-refractivity contribution in [3.63, 3.8) is 0 Å². The lowest BCUT2D eigenvalue weighted by molar-refractivity contribution is -0.112. The molecule has 1 N–H and O–H groups in total. The highest BCUT2D eigenvalue weighted by Gasteiger charge is 2.13. The fraction of sp³-hybridized carbons (Fsp3) is 0.238. The number of nitrogens with one attached hydrogen (secondary N) is 1. The van der Waals surface area contributed by atoms with Crippen LogP contribution in [0.1, 0.15) is 29.2 Å². The molecule has 0 unspecified atom stereocenters. The number of carbonyl (C=O) groups is 1. The van der Waals surface area contributed by atoms with Crippen LogP contribution in [0, 0.1) is 32.1 Å². The highest BCUT2D eigenvalue weighted by molar-refractivity contribution is 6.10. The fourth-order valence-corrected chi connectivity index (χ4v) is 2.73. The molecule has 0 atom stereocenters. The van der Waals surface area contributed by atoms with Gasteiger partial charge in [0.1, 0.15) is 17.4 Å². The summed E-state index contributed by atoms with van der Waals surface area (Å²) in [5.41, 5.74) is 4.63. The molecule has 4 nitrogen and oxygen atoms in total. The number of aryl methyl sites for hydroxylation is 3. The van der Waals surface area contributed by atoms with Crippen molar-refractivity contribution in [1.29, 1.82) is 5.26 Å². The SMILES string of the molecule is CCOc1cccc(/C=C(\C#N)C(=O)Nc2c(C)cc(C)cc2C)c1. The van der Waals surface area contributed by atoms with Gasteiger partial charge >= 0.3 is 0 Å². The summed E-state index contributed by atoms with van der Waals surface area (Å²) in [4.78, 5) is 12.5. The third-order valence-electron chi connectivity index (χ3n) is 3.76. The number of nitrogens with zero attached hydrogens (tertiary/aromatic N) is 1. The first-order valence-corrected chi connectivity index (χ1v) is 8.18. The number of nitriles is 1. The lowest BCUT2D eigenvalue weighted by atomic mass is 10.0. The second kappa shape index (κ2) is 8.16. The molecule has 0 aliphatic rings. The minimum Gasteiger partial charge on any atom is -0.494 e. The van der Waals surface area contributed by atoms with Crippen molar-refractivity contribution < 1.29 is 9.53 Å². The Balaban J connectivity index is 2.28. The van der Waals surface area contributed by atoms with Gasteiger partial charge in [-0.1, -0.05) is 29.8 Å². The second-order valence-corrected chi connectivity index (χ2v) is 5.90. The molecule has 128 valence electrons. The Morgan fingerprint density at radius 2 is 1.88 bits per heavy atom. The molecule has 0 saturated heterocycles. The van der Waals surface area contributed by atoms with E-state index < -0.39 is 5.91 Å². The van der Waals surface area contributed by atoms with Crippen LogP contribution in [0.25, 0.3) is 6.08 Å². The van der Waals surface area contributed by atoms with Crippen molar-refractivity contribution in [2.75, 3.05) is 11.9 Å². The molecule has 25 heavy (non-hydrogen) atoms. The largest absolute Gasteiger partial charge is 0.494 e. The summed E-state index contributed by atoms with van der Waals surface area (Å²) in [6.45, 7) is 8.36. The summed E-state index contributed by atoms with van der Waals surface area (Å²) in [5, 5.41) is 12.2. The van der Waals surface area contributed by atoms with Crippen molar-refractivity contribution in [3.8, 4) is 11.8 Å². The van der Waals surface area contributed by atoms with Gasteiger partial charge in [-0.3, -0.25) is 4.79 Å². The molecule has 0 fully saturated rings. The maximum absolute atomic E-state index is 12.5. The van der Waals surface area contributed by atoms with E-state index in [-0.39, 0.29) is 5.57 Å². The molecule has 1 amide bonds. The van der Waals surface area contributed by atoms with Gasteiger partial charge in [-0.05, 0) is 62.6 Å². The average Bonchev–Trinajstić information content (AvgIpc) is 2.56. The molecule has 0 heterocycles. The van der Waals surface area contributed by atoms with Crippen LogP contribution < -0.4 is 10.1 Å². The van der Waals surface area contributed by atoms with Crippen LogP contribution in [-0.2, 0) is 4.79 Å². The average molecular weight is 334 g/mol. The van der Waals surface area contributed by atoms with Gasteiger partial charge in [0.2, 0.25) is 0 Å². The van der Waals surface area contributed by atoms with E-state index in [0.717, 1.165) is 27.9 Å². The quantitative estimate of drug-likeness (QED) is 0.644. The lowest BCUT2D eigenvalue weighted by Crippen LogP contribution is -2.15. The number of carbonyl (C=O) groups excluding carboxylic acids is 1. The van der Waals surface area contributed by atoms with Crippen molar-refractivity contribution in [1.82, 2.24) is 0 Å². The van der Waals surface area contributed by atoms with E-state index in [1.54, 1.807) is 12.1 Å². The van der Waals surface area contributed by atoms with Crippen molar-refractivity contribution in [2.45, 2.75) is 27.7 Å². The highest BCUT2D eigenvalue weighted by atomic mass is 16.5. The van der Waals surface area contributed by atoms with E-state index in [0.29, 0.717) is 12.4 Å². The number of benzene rings is 2. The first-order chi connectivity index (χ1) is 11.9. The zero-order valence-corrected chi connectivity index (χ0v) is 15.0. The van der Waals surface area contributed by atoms with E-state index >= 15 is 0 Å². The monoisotopic (exact) mass is 334 g/mol. The Morgan fingerprint density at radius 3 is 2.48 bits per heavy atom. The molecule has 2 aromatic rings. The van der Waals surface area contributed by atoms with Gasteiger partial charge in [0.15, 0.2) is 0 Å². The Kier molecular flexibility index (Phi) is 5.97. The van der Waals surface area contributed by atoms with E-state index in [1.165, 1.54) is 0 Å². The first-order valence-electron chi connectivity index (χ1n) is 8.18. The smallest absolute Gasteiger partial charge is 0.266 e. The van der Waals surface area contributed by atoms with Gasteiger partial charge in [0, 0.05) is 5.69 Å². The zero-order chi connectivity index (χ0) is 18.4. The molecular formula is C21H22N2O2. The molecule has 0 bridgehead atoms. The van der Waals surface area contributed by atoms with Crippen molar-refractivity contribution in [2.24, 2.45) is 0 Å². The molecule has 0 aliphatic carbocycles. The van der Waals surface area contributed by atoms with Crippen molar-refractivity contribution >= 4 is 17.7 Å². The van der Waals surface area contributed by atoms with Crippen LogP contribution in [0.15, 0.2) is 42.0 Å². The van der Waals surface area contributed by atoms with Crippen LogP contribution in [0.3, 0.4) is 0 Å². The second-order valence-electron chi connectivity index (χ2n) is 5.90. The van der Waals surface area contributed by atoms with E-state index in [4.69, 9.17) is 4.74 Å². The van der Waals surface area contributed by atoms with Gasteiger partial charge in [-0.15, -0.1) is 0 Å². The summed E-state index contributed by atoms with van der Waals surface area (Å²) in [6.07, 6.45) is 1.57. The minimum atomic E-state index is -0.417. The van der Waals surface area contributed by atoms with Crippen LogP contribution >= 0.6 is 0 Å². The number of hydrogen-bond donors (Lipinski definition) is 1. The number of amides is 1. The third kappa shape index (κ3) is 4.71. The Morgan fingerprint density at radius 1 is 1.20 bits per heavy atom. The molecule has 2 rings (SSSR count). The molecule has 2 aromatic carbocycles. The molecule has 4 heteroatoms. The fourth-order valence-electron chi connectivity index (χ4n) is 2.73. The highest BCUT2D eigenvalue weighted by Crippen LogP contribution is 2.23. The molecule has 0 aromatic heterocycles. The summed E-state index contributed by atoms with van der Waals surface area (Å²) < 4.78 is 5.45. The molecule has 0 saturated carbocycles. The lowest BCUT2D eigenvalue weighted by Gasteiger charge is -2.12. The van der Waals surface area contributed by atoms with Gasteiger partial charge < -0.3 is 10.1 Å². The Bertz CT molecular complexity index is 837. The van der Waals surface area contributed by atoms with E-state index in [2.05, 4.69) is 5.32 Å². The number of anilines is 1. The van der Waals surface area contributed by atoms with Gasteiger partial charge in [-0.2, -0.15) is 5.26 Å². The van der Waals surface area contributed by atoms with Crippen molar-refractivity contribution in [3.05, 3.63) is 64.2 Å². The van der Waals surface area contributed by atoms with Gasteiger partial charge in [-0.25, -0.2) is 0 Å². The van der Waals surface area contributed by atoms with Crippen LogP contribution in [0.5, 0.6) is 5.75 Å². The standard InChI is InChI=1S/C21H22N2O2/c1-5-25-19-8-6-7-17(12-19)11-18(13-22)21(24)23-20-15(3)9-14(2)10-16(20)4/h6-12H,5H2,1-4H3,(H,23,24)/b18-11+. The molecule has 0 radical (unpaired) electrons. The number of hydrogen-bond acceptors (Lipinski definition) is 3. The first kappa shape index (κ1) is 18.3. The Labute approximate surface area is 148 Å². The van der Waals surface area contributed by atoms with Crippen LogP contribution in [0.4, 0.5) is 5.69 Å². The third-order valence-corrected chi connectivity index (χ3v) is 3.76. The van der Waals surface area contributed by atoms with E-state index in [9.17, 15) is 10.1 Å². The predicted octanol–water partition coefficient (Wildman–Crippen LogP) is 4.56. The minimum absolute atomic E-state index is 0.0491. The van der Waals surface area contributed by atoms with E-state index in [1.807, 2.05) is 64.1 Å². The number of rotatable bonds is 5. The predicted molar refractivity (Wildman–Crippen MR) is 100 cm³/mol. The molecular weight excluding hydrogens is 312 g/mol. The topological polar surface area (TPSA) is 62.1 Å². The van der Waals surface area contributed by atoms with Gasteiger partial charge in [0.25, 0.3) is 5.91 Å². The maximum atomic E-state index is 12.5. The summed E-state index contributed by atoms with van der Waals surface area (Å²) in [5.74, 6) is 0.290. The maximum Gasteiger partial charge on any atom is 0.266 e. The summed E-state index contributed by atoms with van der Waals surface area (Å²) in [6, 6.07) is 13.3. The normalized spacial score (nSPS) is 10.9. The van der Waals surface area contributed by atoms with Gasteiger partial charge in [0.05, 0.1) is 6.61 Å². The number of ether oxygens (including phenoxy) is 1. The zero-order valence-electron chi connectivity index (χ0n) is 15.0. The van der Waals surface area contributed by atoms with Crippen LogP contribution in [0.2, 0.25) is 0 Å². The molecule has 0 aliphatic heterocycles. The molecule has 0 spiro atoms. The summed E-state index contributed by atoms with van der Waals surface area (Å²) in [7, 11) is 0. The summed E-state index contributed by atoms with van der Waals surface area (Å²) >= 11 is 0. The van der Waals surface area contributed by atoms with Crippen LogP contribution in [-0.4, -0.2) is 12.5 Å². The Hall–Kier alpha value is -3.06.